The van der Waals surface area contributed by atoms with Crippen molar-refractivity contribution < 1.29 is 9.59 Å². The smallest absolute Gasteiger partial charge is 0.241 e. The van der Waals surface area contributed by atoms with Crippen molar-refractivity contribution >= 4 is 48.0 Å². The molecular weight excluding hydrogens is 387 g/mol. The number of carbonyl (C=O) groups excluding carboxylic acids is 2. The summed E-state index contributed by atoms with van der Waals surface area (Å²) in [6.45, 7) is 3.95. The third-order valence-corrected chi connectivity index (χ3v) is 4.92. The Hall–Kier alpha value is -1.34. The molecule has 3 rings (SSSR count). The Labute approximate surface area is 173 Å². The topological polar surface area (TPSA) is 73.5 Å². The summed E-state index contributed by atoms with van der Waals surface area (Å²) in [6.07, 6.45) is 6.24. The fourth-order valence-electron chi connectivity index (χ4n) is 3.44. The maximum atomic E-state index is 12.1. The predicted molar refractivity (Wildman–Crippen MR) is 114 cm³/mol. The molecule has 2 amide bonds. The highest BCUT2D eigenvalue weighted by Gasteiger charge is 2.21. The van der Waals surface area contributed by atoms with Crippen LogP contribution in [0.1, 0.15) is 38.5 Å². The van der Waals surface area contributed by atoms with Gasteiger partial charge in [0.05, 0.1) is 6.04 Å². The van der Waals surface area contributed by atoms with Crippen LogP contribution in [0.2, 0.25) is 0 Å². The van der Waals surface area contributed by atoms with Crippen LogP contribution < -0.4 is 16.0 Å². The van der Waals surface area contributed by atoms with E-state index in [2.05, 4.69) is 20.9 Å². The van der Waals surface area contributed by atoms with E-state index in [1.165, 1.54) is 19.3 Å². The second kappa shape index (κ2) is 12.2. The largest absolute Gasteiger partial charge is 0.326 e. The Morgan fingerprint density at radius 1 is 0.963 bits per heavy atom. The number of amides is 2. The minimum atomic E-state index is -0.0887. The molecule has 6 nitrogen and oxygen atoms in total. The van der Waals surface area contributed by atoms with Crippen LogP contribution in [-0.4, -0.2) is 48.9 Å². The molecule has 2 heterocycles. The molecule has 1 aromatic rings. The molecule has 1 atom stereocenters. The van der Waals surface area contributed by atoms with Crippen molar-refractivity contribution in [3.8, 4) is 0 Å². The number of nitrogens with one attached hydrogen (secondary N) is 3. The number of rotatable bonds is 6. The van der Waals surface area contributed by atoms with Gasteiger partial charge in [0.2, 0.25) is 11.8 Å². The van der Waals surface area contributed by atoms with Gasteiger partial charge in [0.25, 0.3) is 0 Å². The van der Waals surface area contributed by atoms with Crippen molar-refractivity contribution in [3.63, 3.8) is 0 Å². The second-order valence-corrected chi connectivity index (χ2v) is 6.92. The molecule has 2 aliphatic heterocycles. The Morgan fingerprint density at radius 3 is 2.19 bits per heavy atom. The van der Waals surface area contributed by atoms with Crippen molar-refractivity contribution in [2.24, 2.45) is 0 Å². The molecule has 0 aliphatic carbocycles. The highest BCUT2D eigenvalue weighted by atomic mass is 35.5. The van der Waals surface area contributed by atoms with E-state index in [0.717, 1.165) is 50.4 Å². The summed E-state index contributed by atoms with van der Waals surface area (Å²) < 4.78 is 0. The van der Waals surface area contributed by atoms with Gasteiger partial charge >= 0.3 is 0 Å². The molecule has 0 bridgehead atoms. The van der Waals surface area contributed by atoms with Crippen LogP contribution in [0, 0.1) is 0 Å². The number of hydrogen-bond acceptors (Lipinski definition) is 4. The molecule has 0 radical (unpaired) electrons. The number of anilines is 2. The Balaban J connectivity index is 0.00000182. The lowest BCUT2D eigenvalue weighted by atomic mass is 10.1. The zero-order valence-electron chi connectivity index (χ0n) is 15.5. The van der Waals surface area contributed by atoms with Gasteiger partial charge in [0, 0.05) is 24.3 Å². The van der Waals surface area contributed by atoms with E-state index in [4.69, 9.17) is 0 Å². The number of nitrogens with zero attached hydrogens (tertiary/aromatic N) is 1. The lowest BCUT2D eigenvalue weighted by Gasteiger charge is -2.25. The molecule has 2 fully saturated rings. The number of benzene rings is 1. The van der Waals surface area contributed by atoms with Crippen molar-refractivity contribution in [1.82, 2.24) is 10.2 Å². The first kappa shape index (κ1) is 23.7. The fraction of sp³-hybridized carbons (Fsp3) is 0.579. The predicted octanol–water partition coefficient (Wildman–Crippen LogP) is 3.04. The fourth-order valence-corrected chi connectivity index (χ4v) is 3.44. The second-order valence-electron chi connectivity index (χ2n) is 6.92. The molecule has 27 heavy (non-hydrogen) atoms. The first-order chi connectivity index (χ1) is 12.2. The van der Waals surface area contributed by atoms with E-state index in [9.17, 15) is 9.59 Å². The number of likely N-dealkylation sites (tertiary alicyclic amines) is 1. The van der Waals surface area contributed by atoms with Gasteiger partial charge in [-0.15, -0.1) is 24.8 Å². The van der Waals surface area contributed by atoms with Gasteiger partial charge < -0.3 is 20.9 Å². The average molecular weight is 417 g/mol. The highest BCUT2D eigenvalue weighted by Crippen LogP contribution is 2.16. The number of carbonyl (C=O) groups is 2. The molecule has 0 spiro atoms. The molecule has 1 unspecified atom stereocenters. The first-order valence-corrected chi connectivity index (χ1v) is 9.37. The number of piperidine rings is 1. The van der Waals surface area contributed by atoms with Crippen LogP contribution in [0.15, 0.2) is 24.3 Å². The highest BCUT2D eigenvalue weighted by molar-refractivity contribution is 5.95. The molecule has 0 aromatic heterocycles. The van der Waals surface area contributed by atoms with E-state index in [1.54, 1.807) is 0 Å². The molecule has 3 N–H and O–H groups in total. The Bertz CT molecular complexity index is 586. The van der Waals surface area contributed by atoms with Gasteiger partial charge in [-0.25, -0.2) is 0 Å². The molecular formula is C19H30Cl2N4O2. The third kappa shape index (κ3) is 7.66. The maximum Gasteiger partial charge on any atom is 0.241 e. The lowest BCUT2D eigenvalue weighted by molar-refractivity contribution is -0.118. The Kier molecular flexibility index (Phi) is 10.7. The van der Waals surface area contributed by atoms with Crippen LogP contribution in [-0.2, 0) is 9.59 Å². The van der Waals surface area contributed by atoms with Gasteiger partial charge in [-0.05, 0) is 69.6 Å². The lowest BCUT2D eigenvalue weighted by Crippen LogP contribution is -2.35. The maximum absolute atomic E-state index is 12.1. The monoisotopic (exact) mass is 416 g/mol. The van der Waals surface area contributed by atoms with Crippen LogP contribution in [0.5, 0.6) is 0 Å². The average Bonchev–Trinajstić information content (AvgIpc) is 3.17. The first-order valence-electron chi connectivity index (χ1n) is 9.37. The zero-order valence-corrected chi connectivity index (χ0v) is 17.2. The standard InChI is InChI=1S/C19H28N4O2.2ClH/c24-18(10-14-23-12-2-1-3-13-23)21-15-6-8-16(9-7-15)22-19(25)17-5-4-11-20-17;;/h6-9,17,20H,1-5,10-14H2,(H,21,24)(H,22,25);2*1H. The van der Waals surface area contributed by atoms with Gasteiger partial charge in [-0.3, -0.25) is 9.59 Å². The molecule has 0 saturated carbocycles. The van der Waals surface area contributed by atoms with E-state index < -0.39 is 0 Å². The zero-order chi connectivity index (χ0) is 17.5. The van der Waals surface area contributed by atoms with E-state index in [-0.39, 0.29) is 42.7 Å². The summed E-state index contributed by atoms with van der Waals surface area (Å²) in [7, 11) is 0. The molecule has 2 saturated heterocycles. The van der Waals surface area contributed by atoms with Gasteiger partial charge in [0.1, 0.15) is 0 Å². The normalized spacial score (nSPS) is 19.5. The SMILES string of the molecule is Cl.Cl.O=C(CCN1CCCCC1)Nc1ccc(NC(=O)C2CCCN2)cc1. The van der Waals surface area contributed by atoms with Crippen LogP contribution in [0.25, 0.3) is 0 Å². The summed E-state index contributed by atoms with van der Waals surface area (Å²) in [4.78, 5) is 26.5. The van der Waals surface area contributed by atoms with Crippen molar-refractivity contribution in [2.75, 3.05) is 36.8 Å². The minimum Gasteiger partial charge on any atom is -0.326 e. The quantitative estimate of drug-likeness (QED) is 0.665. The summed E-state index contributed by atoms with van der Waals surface area (Å²) in [5.74, 6) is 0.0494. The molecule has 2 aliphatic rings. The number of halogens is 2. The van der Waals surface area contributed by atoms with Crippen LogP contribution in [0.4, 0.5) is 11.4 Å². The van der Waals surface area contributed by atoms with Gasteiger partial charge in [0.15, 0.2) is 0 Å². The summed E-state index contributed by atoms with van der Waals surface area (Å²) in [5, 5.41) is 9.02. The molecule has 152 valence electrons. The van der Waals surface area contributed by atoms with Gasteiger partial charge in [-0.1, -0.05) is 6.42 Å². The van der Waals surface area contributed by atoms with E-state index >= 15 is 0 Å². The minimum absolute atomic E-state index is 0. The van der Waals surface area contributed by atoms with Crippen LogP contribution >= 0.6 is 24.8 Å². The summed E-state index contributed by atoms with van der Waals surface area (Å²) >= 11 is 0. The van der Waals surface area contributed by atoms with Crippen LogP contribution in [0.3, 0.4) is 0 Å². The third-order valence-electron chi connectivity index (χ3n) is 4.92. The summed E-state index contributed by atoms with van der Waals surface area (Å²) in [5.41, 5.74) is 1.52. The van der Waals surface area contributed by atoms with Crippen molar-refractivity contribution in [1.29, 1.82) is 0 Å². The Morgan fingerprint density at radius 2 is 1.59 bits per heavy atom. The molecule has 1 aromatic carbocycles. The van der Waals surface area contributed by atoms with E-state index in [1.807, 2.05) is 24.3 Å². The number of hydrogen-bond donors (Lipinski definition) is 3. The van der Waals surface area contributed by atoms with E-state index in [0.29, 0.717) is 6.42 Å². The summed E-state index contributed by atoms with van der Waals surface area (Å²) in [6, 6.07) is 7.22. The van der Waals surface area contributed by atoms with Gasteiger partial charge in [-0.2, -0.15) is 0 Å². The van der Waals surface area contributed by atoms with Crippen molar-refractivity contribution in [3.05, 3.63) is 24.3 Å². The van der Waals surface area contributed by atoms with Crippen molar-refractivity contribution in [2.45, 2.75) is 44.6 Å². The molecule has 8 heteroatoms.